The minimum Gasteiger partial charge on any atom is -0.468 e. The van der Waals surface area contributed by atoms with Crippen molar-refractivity contribution < 1.29 is 9.15 Å². The lowest BCUT2D eigenvalue weighted by atomic mass is 10.1. The van der Waals surface area contributed by atoms with Gasteiger partial charge in [-0.25, -0.2) is 0 Å². The average molecular weight is 266 g/mol. The molecule has 2 rings (SSSR count). The molecule has 2 atom stereocenters. The quantitative estimate of drug-likeness (QED) is 0.769. The Bertz CT molecular complexity index is 378. The van der Waals surface area contributed by atoms with Crippen LogP contribution >= 0.6 is 0 Å². The second kappa shape index (κ2) is 7.08. The smallest absolute Gasteiger partial charge is 0.122 e. The van der Waals surface area contributed by atoms with E-state index < -0.39 is 0 Å². The van der Waals surface area contributed by atoms with Crippen molar-refractivity contribution in [3.8, 4) is 0 Å². The second-order valence-electron chi connectivity index (χ2n) is 5.39. The van der Waals surface area contributed by atoms with Gasteiger partial charge in [0.25, 0.3) is 0 Å². The van der Waals surface area contributed by atoms with E-state index >= 15 is 0 Å². The highest BCUT2D eigenvalue weighted by atomic mass is 16.5. The van der Waals surface area contributed by atoms with Crippen LogP contribution in [0.1, 0.15) is 38.0 Å². The van der Waals surface area contributed by atoms with Gasteiger partial charge >= 0.3 is 0 Å². The lowest BCUT2D eigenvalue weighted by Crippen LogP contribution is -2.36. The van der Waals surface area contributed by atoms with Gasteiger partial charge in [0.05, 0.1) is 18.9 Å². The summed E-state index contributed by atoms with van der Waals surface area (Å²) in [5.41, 5.74) is 1.27. The van der Waals surface area contributed by atoms with Crippen LogP contribution in [0.3, 0.4) is 0 Å². The molecule has 0 radical (unpaired) electrons. The van der Waals surface area contributed by atoms with Crippen LogP contribution in [-0.4, -0.2) is 37.2 Å². The highest BCUT2D eigenvalue weighted by molar-refractivity contribution is 5.17. The largest absolute Gasteiger partial charge is 0.468 e. The van der Waals surface area contributed by atoms with Gasteiger partial charge < -0.3 is 14.5 Å². The van der Waals surface area contributed by atoms with Gasteiger partial charge in [-0.3, -0.25) is 4.90 Å². The fourth-order valence-electron chi connectivity index (χ4n) is 2.71. The molecule has 1 N–H and O–H groups in total. The molecule has 0 amide bonds. The van der Waals surface area contributed by atoms with Crippen LogP contribution in [0.15, 0.2) is 16.7 Å². The summed E-state index contributed by atoms with van der Waals surface area (Å²) < 4.78 is 11.3. The minimum absolute atomic E-state index is 0.321. The van der Waals surface area contributed by atoms with Crippen molar-refractivity contribution in [2.45, 2.75) is 51.9 Å². The Morgan fingerprint density at radius 2 is 2.32 bits per heavy atom. The minimum atomic E-state index is 0.321. The first-order chi connectivity index (χ1) is 9.22. The van der Waals surface area contributed by atoms with Crippen LogP contribution in [0, 0.1) is 0 Å². The fourth-order valence-corrected chi connectivity index (χ4v) is 2.71. The molecule has 0 bridgehead atoms. The summed E-state index contributed by atoms with van der Waals surface area (Å²) in [6.45, 7) is 8.00. The van der Waals surface area contributed by atoms with Crippen LogP contribution < -0.4 is 5.32 Å². The second-order valence-corrected chi connectivity index (χ2v) is 5.39. The summed E-state index contributed by atoms with van der Waals surface area (Å²) in [6, 6.07) is 2.57. The van der Waals surface area contributed by atoms with Crippen LogP contribution in [0.5, 0.6) is 0 Å². The molecule has 2 unspecified atom stereocenters. The highest BCUT2D eigenvalue weighted by Gasteiger charge is 2.28. The Balaban J connectivity index is 1.89. The molecule has 0 saturated carbocycles. The number of likely N-dealkylation sites (N-methyl/N-ethyl adjacent to an activating group) is 1. The van der Waals surface area contributed by atoms with Crippen LogP contribution in [0.4, 0.5) is 0 Å². The first kappa shape index (κ1) is 14.6. The fraction of sp³-hybridized carbons (Fsp3) is 0.733. The first-order valence-corrected chi connectivity index (χ1v) is 7.30. The van der Waals surface area contributed by atoms with Crippen molar-refractivity contribution in [1.82, 2.24) is 10.2 Å². The highest BCUT2D eigenvalue weighted by Crippen LogP contribution is 2.21. The molecule has 1 fully saturated rings. The first-order valence-electron chi connectivity index (χ1n) is 7.30. The molecule has 0 aromatic carbocycles. The van der Waals surface area contributed by atoms with E-state index in [4.69, 9.17) is 9.15 Å². The van der Waals surface area contributed by atoms with Crippen molar-refractivity contribution in [3.05, 3.63) is 23.7 Å². The molecule has 1 aromatic heterocycles. The number of furan rings is 1. The zero-order valence-corrected chi connectivity index (χ0v) is 12.3. The van der Waals surface area contributed by atoms with Gasteiger partial charge in [-0.1, -0.05) is 6.92 Å². The van der Waals surface area contributed by atoms with Gasteiger partial charge in [0, 0.05) is 24.8 Å². The van der Waals surface area contributed by atoms with E-state index in [9.17, 15) is 0 Å². The van der Waals surface area contributed by atoms with Crippen molar-refractivity contribution in [1.29, 1.82) is 0 Å². The molecule has 4 nitrogen and oxygen atoms in total. The predicted molar refractivity (Wildman–Crippen MR) is 76.0 cm³/mol. The van der Waals surface area contributed by atoms with E-state index in [1.54, 1.807) is 6.26 Å². The van der Waals surface area contributed by atoms with E-state index in [0.717, 1.165) is 44.8 Å². The SMILES string of the molecule is CCCNCc1ccoc1CN(C)C1CCOC1C. The third-order valence-corrected chi connectivity index (χ3v) is 3.88. The third-order valence-electron chi connectivity index (χ3n) is 3.88. The molecule has 1 aliphatic rings. The molecular formula is C15H26N2O2. The van der Waals surface area contributed by atoms with Crippen molar-refractivity contribution in [2.75, 3.05) is 20.2 Å². The van der Waals surface area contributed by atoms with Crippen LogP contribution in [0.25, 0.3) is 0 Å². The van der Waals surface area contributed by atoms with E-state index in [-0.39, 0.29) is 0 Å². The monoisotopic (exact) mass is 266 g/mol. The summed E-state index contributed by atoms with van der Waals surface area (Å²) in [4.78, 5) is 2.35. The maximum Gasteiger partial charge on any atom is 0.122 e. The maximum absolute atomic E-state index is 5.64. The number of ether oxygens (including phenoxy) is 1. The molecule has 2 heterocycles. The third kappa shape index (κ3) is 3.81. The molecule has 108 valence electrons. The van der Waals surface area contributed by atoms with Crippen LogP contribution in [0.2, 0.25) is 0 Å². The van der Waals surface area contributed by atoms with E-state index in [1.807, 2.05) is 0 Å². The Morgan fingerprint density at radius 1 is 1.47 bits per heavy atom. The Kier molecular flexibility index (Phi) is 5.43. The predicted octanol–water partition coefficient (Wildman–Crippen LogP) is 2.39. The normalized spacial score (nSPS) is 23.4. The lowest BCUT2D eigenvalue weighted by molar-refractivity contribution is 0.0790. The standard InChI is InChI=1S/C15H26N2O2/c1-4-7-16-10-13-5-8-19-15(13)11-17(3)14-6-9-18-12(14)2/h5,8,12,14,16H,4,6-7,9-11H2,1-3H3. The summed E-state index contributed by atoms with van der Waals surface area (Å²) >= 11 is 0. The van der Waals surface area contributed by atoms with Crippen LogP contribution in [-0.2, 0) is 17.8 Å². The number of hydrogen-bond acceptors (Lipinski definition) is 4. The van der Waals surface area contributed by atoms with E-state index in [2.05, 4.69) is 37.2 Å². The summed E-state index contributed by atoms with van der Waals surface area (Å²) in [5.74, 6) is 1.07. The maximum atomic E-state index is 5.64. The summed E-state index contributed by atoms with van der Waals surface area (Å²) in [7, 11) is 2.15. The molecule has 4 heteroatoms. The van der Waals surface area contributed by atoms with Gasteiger partial charge in [-0.2, -0.15) is 0 Å². The Hall–Kier alpha value is -0.840. The number of rotatable bonds is 7. The zero-order valence-electron chi connectivity index (χ0n) is 12.3. The lowest BCUT2D eigenvalue weighted by Gasteiger charge is -2.26. The summed E-state index contributed by atoms with van der Waals surface area (Å²) in [6.07, 6.45) is 4.38. The van der Waals surface area contributed by atoms with Gasteiger partial charge in [-0.15, -0.1) is 0 Å². The summed E-state index contributed by atoms with van der Waals surface area (Å²) in [5, 5.41) is 3.43. The van der Waals surface area contributed by atoms with Crippen molar-refractivity contribution in [2.24, 2.45) is 0 Å². The van der Waals surface area contributed by atoms with Gasteiger partial charge in [0.15, 0.2) is 0 Å². The Labute approximate surface area is 116 Å². The average Bonchev–Trinajstić information content (AvgIpc) is 2.99. The van der Waals surface area contributed by atoms with Gasteiger partial charge in [0.2, 0.25) is 0 Å². The molecular weight excluding hydrogens is 240 g/mol. The molecule has 1 saturated heterocycles. The van der Waals surface area contributed by atoms with Crippen molar-refractivity contribution in [3.63, 3.8) is 0 Å². The molecule has 0 aliphatic carbocycles. The van der Waals surface area contributed by atoms with E-state index in [0.29, 0.717) is 12.1 Å². The Morgan fingerprint density at radius 3 is 3.00 bits per heavy atom. The molecule has 1 aliphatic heterocycles. The number of nitrogens with zero attached hydrogens (tertiary/aromatic N) is 1. The molecule has 0 spiro atoms. The molecule has 1 aromatic rings. The topological polar surface area (TPSA) is 37.6 Å². The van der Waals surface area contributed by atoms with Crippen molar-refractivity contribution >= 4 is 0 Å². The molecule has 19 heavy (non-hydrogen) atoms. The van der Waals surface area contributed by atoms with Gasteiger partial charge in [-0.05, 0) is 39.4 Å². The van der Waals surface area contributed by atoms with Gasteiger partial charge in [0.1, 0.15) is 5.76 Å². The van der Waals surface area contributed by atoms with E-state index in [1.165, 1.54) is 5.56 Å². The zero-order chi connectivity index (χ0) is 13.7. The number of nitrogens with one attached hydrogen (secondary N) is 1. The number of hydrogen-bond donors (Lipinski definition) is 1.